The van der Waals surface area contributed by atoms with Gasteiger partial charge in [-0.15, -0.1) is 0 Å². The van der Waals surface area contributed by atoms with E-state index >= 15 is 0 Å². The number of rotatable bonds is 7. The number of nitrogens with one attached hydrogen (secondary N) is 1. The average Bonchev–Trinajstić information content (AvgIpc) is 2.38. The van der Waals surface area contributed by atoms with Gasteiger partial charge in [-0.2, -0.15) is 0 Å². The second-order valence-corrected chi connectivity index (χ2v) is 4.95. The minimum Gasteiger partial charge on any atom is -0.479 e. The number of carbonyl (C=O) groups is 2. The van der Waals surface area contributed by atoms with Crippen LogP contribution >= 0.6 is 23.2 Å². The minimum atomic E-state index is -1.12. The van der Waals surface area contributed by atoms with Crippen molar-refractivity contribution in [3.05, 3.63) is 33.8 Å². The maximum absolute atomic E-state index is 11.6. The quantitative estimate of drug-likeness (QED) is 0.807. The molecule has 0 saturated heterocycles. The molecule has 0 radical (unpaired) electrons. The summed E-state index contributed by atoms with van der Waals surface area (Å²) in [6.45, 7) is -0.0704. The second kappa shape index (κ2) is 8.09. The third-order valence-electron chi connectivity index (χ3n) is 2.68. The van der Waals surface area contributed by atoms with E-state index in [2.05, 4.69) is 5.32 Å². The smallest absolute Gasteiger partial charge is 0.334 e. The number of hydrogen-bond donors (Lipinski definition) is 2. The zero-order chi connectivity index (χ0) is 15.1. The van der Waals surface area contributed by atoms with Crippen molar-refractivity contribution in [2.24, 2.45) is 0 Å². The highest BCUT2D eigenvalue weighted by Crippen LogP contribution is 2.21. The molecule has 7 heteroatoms. The SMILES string of the molecule is COC(CNC(=O)CCc1ccc(Cl)cc1Cl)C(=O)O. The number of carbonyl (C=O) groups excluding carboxylic acids is 1. The molecule has 0 spiro atoms. The van der Waals surface area contributed by atoms with Crippen LogP contribution in [-0.4, -0.2) is 36.7 Å². The first-order valence-electron chi connectivity index (χ1n) is 5.90. The van der Waals surface area contributed by atoms with Gasteiger partial charge >= 0.3 is 5.97 Å². The van der Waals surface area contributed by atoms with Crippen LogP contribution in [0.1, 0.15) is 12.0 Å². The van der Waals surface area contributed by atoms with E-state index in [4.69, 9.17) is 33.0 Å². The summed E-state index contributed by atoms with van der Waals surface area (Å²) in [6.07, 6.45) is -0.387. The van der Waals surface area contributed by atoms with Crippen molar-refractivity contribution < 1.29 is 19.4 Å². The summed E-state index contributed by atoms with van der Waals surface area (Å²) in [6, 6.07) is 5.07. The maximum atomic E-state index is 11.6. The Morgan fingerprint density at radius 1 is 1.40 bits per heavy atom. The lowest BCUT2D eigenvalue weighted by atomic mass is 10.1. The van der Waals surface area contributed by atoms with Crippen LogP contribution in [0.4, 0.5) is 0 Å². The van der Waals surface area contributed by atoms with Crippen LogP contribution in [0.2, 0.25) is 10.0 Å². The van der Waals surface area contributed by atoms with Crippen LogP contribution in [0.3, 0.4) is 0 Å². The fourth-order valence-electron chi connectivity index (χ4n) is 1.54. The number of methoxy groups -OCH3 is 1. The van der Waals surface area contributed by atoms with Crippen molar-refractivity contribution >= 4 is 35.1 Å². The van der Waals surface area contributed by atoms with Gasteiger partial charge in [0.15, 0.2) is 6.10 Å². The summed E-state index contributed by atoms with van der Waals surface area (Å²) >= 11 is 11.8. The van der Waals surface area contributed by atoms with Crippen LogP contribution in [-0.2, 0) is 20.7 Å². The van der Waals surface area contributed by atoms with Gasteiger partial charge in [-0.3, -0.25) is 4.79 Å². The molecule has 20 heavy (non-hydrogen) atoms. The van der Waals surface area contributed by atoms with E-state index in [0.29, 0.717) is 16.5 Å². The van der Waals surface area contributed by atoms with Crippen LogP contribution in [0, 0.1) is 0 Å². The normalized spacial score (nSPS) is 11.9. The molecule has 110 valence electrons. The number of ether oxygens (including phenoxy) is 1. The number of halogens is 2. The van der Waals surface area contributed by atoms with Gasteiger partial charge in [0.25, 0.3) is 0 Å². The van der Waals surface area contributed by atoms with E-state index in [0.717, 1.165) is 5.56 Å². The van der Waals surface area contributed by atoms with E-state index in [9.17, 15) is 9.59 Å². The molecule has 0 saturated carbocycles. The van der Waals surface area contributed by atoms with Crippen molar-refractivity contribution in [2.75, 3.05) is 13.7 Å². The standard InChI is InChI=1S/C13H15Cl2NO4/c1-20-11(13(18)19)7-16-12(17)5-3-8-2-4-9(14)6-10(8)15/h2,4,6,11H,3,5,7H2,1H3,(H,16,17)(H,18,19). The highest BCUT2D eigenvalue weighted by molar-refractivity contribution is 6.35. The second-order valence-electron chi connectivity index (χ2n) is 4.10. The molecule has 0 aliphatic heterocycles. The lowest BCUT2D eigenvalue weighted by Gasteiger charge is -2.11. The number of aryl methyl sites for hydroxylation is 1. The molecule has 0 aliphatic carbocycles. The Balaban J connectivity index is 2.41. The topological polar surface area (TPSA) is 75.6 Å². The molecule has 0 bridgehead atoms. The lowest BCUT2D eigenvalue weighted by molar-refractivity contribution is -0.148. The molecule has 1 aromatic carbocycles. The highest BCUT2D eigenvalue weighted by Gasteiger charge is 2.17. The van der Waals surface area contributed by atoms with E-state index < -0.39 is 12.1 Å². The van der Waals surface area contributed by atoms with Crippen molar-refractivity contribution in [1.29, 1.82) is 0 Å². The van der Waals surface area contributed by atoms with Crippen molar-refractivity contribution in [3.63, 3.8) is 0 Å². The number of benzene rings is 1. The van der Waals surface area contributed by atoms with Gasteiger partial charge in [-0.1, -0.05) is 29.3 Å². The van der Waals surface area contributed by atoms with Gasteiger partial charge in [0, 0.05) is 23.6 Å². The minimum absolute atomic E-state index is 0.0704. The molecule has 0 heterocycles. The Kier molecular flexibility index (Phi) is 6.78. The van der Waals surface area contributed by atoms with Crippen LogP contribution < -0.4 is 5.32 Å². The zero-order valence-electron chi connectivity index (χ0n) is 10.9. The van der Waals surface area contributed by atoms with Crippen LogP contribution in [0.25, 0.3) is 0 Å². The largest absolute Gasteiger partial charge is 0.479 e. The monoisotopic (exact) mass is 319 g/mol. The van der Waals surface area contributed by atoms with Crippen LogP contribution in [0.15, 0.2) is 18.2 Å². The first-order chi connectivity index (χ1) is 9.43. The number of hydrogen-bond acceptors (Lipinski definition) is 3. The fraction of sp³-hybridized carbons (Fsp3) is 0.385. The van der Waals surface area contributed by atoms with Gasteiger partial charge in [-0.25, -0.2) is 4.79 Å². The molecule has 2 N–H and O–H groups in total. The molecule has 1 aromatic rings. The van der Waals surface area contributed by atoms with E-state index in [1.54, 1.807) is 18.2 Å². The summed E-state index contributed by atoms with van der Waals surface area (Å²) in [5.41, 5.74) is 0.813. The number of amides is 1. The van der Waals surface area contributed by atoms with E-state index in [1.807, 2.05) is 0 Å². The first-order valence-corrected chi connectivity index (χ1v) is 6.66. The lowest BCUT2D eigenvalue weighted by Crippen LogP contribution is -2.37. The van der Waals surface area contributed by atoms with Gasteiger partial charge < -0.3 is 15.2 Å². The number of aliphatic carboxylic acids is 1. The Hall–Kier alpha value is -1.30. The molecule has 1 amide bonds. The molecule has 0 aliphatic rings. The van der Waals surface area contributed by atoms with Crippen molar-refractivity contribution in [1.82, 2.24) is 5.32 Å². The molecule has 1 rings (SSSR count). The Morgan fingerprint density at radius 3 is 2.65 bits per heavy atom. The van der Waals surface area contributed by atoms with Crippen molar-refractivity contribution in [3.8, 4) is 0 Å². The van der Waals surface area contributed by atoms with E-state index in [1.165, 1.54) is 7.11 Å². The highest BCUT2D eigenvalue weighted by atomic mass is 35.5. The first kappa shape index (κ1) is 16.8. The van der Waals surface area contributed by atoms with Gasteiger partial charge in [0.2, 0.25) is 5.91 Å². The number of carboxylic acids is 1. The van der Waals surface area contributed by atoms with Crippen LogP contribution in [0.5, 0.6) is 0 Å². The number of carboxylic acid groups (broad SMARTS) is 1. The molecule has 1 unspecified atom stereocenters. The molecule has 0 fully saturated rings. The zero-order valence-corrected chi connectivity index (χ0v) is 12.4. The third-order valence-corrected chi connectivity index (χ3v) is 3.27. The molecular formula is C13H15Cl2NO4. The predicted molar refractivity (Wildman–Crippen MR) is 76.2 cm³/mol. The van der Waals surface area contributed by atoms with Gasteiger partial charge in [0.1, 0.15) is 0 Å². The third kappa shape index (κ3) is 5.36. The van der Waals surface area contributed by atoms with Gasteiger partial charge in [0.05, 0.1) is 6.54 Å². The van der Waals surface area contributed by atoms with Crippen molar-refractivity contribution in [2.45, 2.75) is 18.9 Å². The fourth-order valence-corrected chi connectivity index (χ4v) is 2.04. The summed E-state index contributed by atoms with van der Waals surface area (Å²) in [5, 5.41) is 12.3. The summed E-state index contributed by atoms with van der Waals surface area (Å²) in [5.74, 6) is -1.38. The average molecular weight is 320 g/mol. The molecule has 0 aromatic heterocycles. The Morgan fingerprint density at radius 2 is 2.10 bits per heavy atom. The Bertz CT molecular complexity index is 493. The van der Waals surface area contributed by atoms with Gasteiger partial charge in [-0.05, 0) is 24.1 Å². The molecule has 5 nitrogen and oxygen atoms in total. The molecular weight excluding hydrogens is 305 g/mol. The summed E-state index contributed by atoms with van der Waals surface area (Å²) < 4.78 is 4.71. The summed E-state index contributed by atoms with van der Waals surface area (Å²) in [4.78, 5) is 22.3. The predicted octanol–water partition coefficient (Wildman–Crippen LogP) is 2.14. The maximum Gasteiger partial charge on any atom is 0.334 e. The molecule has 1 atom stereocenters. The summed E-state index contributed by atoms with van der Waals surface area (Å²) in [7, 11) is 1.28. The van der Waals surface area contributed by atoms with E-state index in [-0.39, 0.29) is 18.9 Å². The Labute approximate surface area is 126 Å².